The van der Waals surface area contributed by atoms with Crippen LogP contribution in [0.5, 0.6) is 0 Å². The van der Waals surface area contributed by atoms with Crippen LogP contribution in [0.2, 0.25) is 0 Å². The van der Waals surface area contributed by atoms with E-state index in [2.05, 4.69) is 162 Å². The van der Waals surface area contributed by atoms with Gasteiger partial charge in [-0.15, -0.1) is 0 Å². The Morgan fingerprint density at radius 3 is 1.45 bits per heavy atom. The molecule has 2 aromatic heterocycles. The van der Waals surface area contributed by atoms with Crippen LogP contribution in [0.25, 0.3) is 105 Å². The molecule has 0 fully saturated rings. The highest BCUT2D eigenvalue weighted by Crippen LogP contribution is 2.46. The fourth-order valence-corrected chi connectivity index (χ4v) is 8.08. The summed E-state index contributed by atoms with van der Waals surface area (Å²) in [6.45, 7) is 0. The third-order valence-corrected chi connectivity index (χ3v) is 10.5. The Bertz CT molecular complexity index is 3130. The highest BCUT2D eigenvalue weighted by molar-refractivity contribution is 6.35. The van der Waals surface area contributed by atoms with Crippen molar-refractivity contribution in [2.75, 3.05) is 0 Å². The molecule has 0 saturated heterocycles. The van der Waals surface area contributed by atoms with Gasteiger partial charge in [0.2, 0.25) is 0 Å². The predicted octanol–water partition coefficient (Wildman–Crippen LogP) is 12.5. The average Bonchev–Trinajstić information content (AvgIpc) is 3.58. The number of rotatable bonds is 5. The molecule has 0 atom stereocenters. The third kappa shape index (κ3) is 4.73. The summed E-state index contributed by atoms with van der Waals surface area (Å²) in [6, 6.07) is 64.4. The third-order valence-electron chi connectivity index (χ3n) is 10.5. The first kappa shape index (κ1) is 29.5. The van der Waals surface area contributed by atoms with E-state index in [9.17, 15) is 0 Å². The topological polar surface area (TPSA) is 43.6 Å². The lowest BCUT2D eigenvalue weighted by molar-refractivity contribution is 1.07. The van der Waals surface area contributed by atoms with E-state index in [1.165, 1.54) is 54.2 Å². The molecule has 2 heterocycles. The van der Waals surface area contributed by atoms with Crippen molar-refractivity contribution in [3.8, 4) is 51.0 Å². The summed E-state index contributed by atoms with van der Waals surface area (Å²) >= 11 is 0. The molecule has 0 unspecified atom stereocenters. The van der Waals surface area contributed by atoms with E-state index >= 15 is 0 Å². The first-order chi connectivity index (χ1) is 26.3. The first-order valence-electron chi connectivity index (χ1n) is 17.9. The van der Waals surface area contributed by atoms with Gasteiger partial charge in [-0.2, -0.15) is 0 Å². The van der Waals surface area contributed by atoms with Crippen LogP contribution in [0.4, 0.5) is 0 Å². The SMILES string of the molecule is c1ccc(-c2ccc(-c3nc(-c4ccccc4)nc(-c4cc5c6cc7ccccc7cc6c6cccc7c6c5c(c4)n7-c4ccccc4)n3)cc2)cc1. The molecule has 0 amide bonds. The lowest BCUT2D eigenvalue weighted by Crippen LogP contribution is -2.00. The highest BCUT2D eigenvalue weighted by Gasteiger charge is 2.22. The predicted molar refractivity (Wildman–Crippen MR) is 220 cm³/mol. The molecule has 0 aliphatic heterocycles. The van der Waals surface area contributed by atoms with Gasteiger partial charge in [-0.25, -0.2) is 15.0 Å². The number of nitrogens with zero attached hydrogens (tertiary/aromatic N) is 4. The smallest absolute Gasteiger partial charge is 0.164 e. The molecule has 4 nitrogen and oxygen atoms in total. The number of hydrogen-bond donors (Lipinski definition) is 0. The summed E-state index contributed by atoms with van der Waals surface area (Å²) in [5, 5.41) is 9.88. The van der Waals surface area contributed by atoms with E-state index in [1.807, 2.05) is 24.3 Å². The van der Waals surface area contributed by atoms with Gasteiger partial charge in [-0.1, -0.05) is 140 Å². The molecule has 4 heteroatoms. The maximum Gasteiger partial charge on any atom is 0.164 e. The second kappa shape index (κ2) is 11.7. The van der Waals surface area contributed by atoms with Gasteiger partial charge < -0.3 is 4.57 Å². The van der Waals surface area contributed by atoms with E-state index in [0.717, 1.165) is 33.5 Å². The molecule has 53 heavy (non-hydrogen) atoms. The van der Waals surface area contributed by atoms with Gasteiger partial charge in [0.1, 0.15) is 0 Å². The lowest BCUT2D eigenvalue weighted by Gasteiger charge is -2.13. The zero-order valence-corrected chi connectivity index (χ0v) is 28.6. The Morgan fingerprint density at radius 1 is 0.302 bits per heavy atom. The molecule has 0 spiro atoms. The summed E-state index contributed by atoms with van der Waals surface area (Å²) in [6.07, 6.45) is 0. The second-order valence-corrected chi connectivity index (χ2v) is 13.6. The minimum Gasteiger partial charge on any atom is -0.309 e. The number of hydrogen-bond acceptors (Lipinski definition) is 3. The number of aromatic nitrogens is 4. The van der Waals surface area contributed by atoms with Crippen molar-refractivity contribution in [3.05, 3.63) is 182 Å². The van der Waals surface area contributed by atoms with Gasteiger partial charge in [-0.05, 0) is 85.9 Å². The minimum atomic E-state index is 0.636. The summed E-state index contributed by atoms with van der Waals surface area (Å²) in [7, 11) is 0. The standard InChI is InChI=1S/C49H30N4/c1-4-13-31(14-5-1)32-23-25-34(26-24-32)48-50-47(33-15-6-2-7-16-33)51-49(52-48)37-29-42-41-28-36-18-11-10-17-35(36)27-40(41)39-21-12-22-43-45(39)46(42)44(30-37)53(43)38-19-8-3-9-20-38/h1-30H. The van der Waals surface area contributed by atoms with E-state index in [4.69, 9.17) is 15.0 Å². The molecule has 0 bridgehead atoms. The van der Waals surface area contributed by atoms with Crippen molar-refractivity contribution >= 4 is 54.1 Å². The molecule has 0 radical (unpaired) electrons. The molecule has 0 aliphatic carbocycles. The maximum absolute atomic E-state index is 5.23. The molecule has 11 aromatic rings. The normalized spacial score (nSPS) is 11.8. The molecule has 9 aromatic carbocycles. The fraction of sp³-hybridized carbons (Fsp3) is 0. The quantitative estimate of drug-likeness (QED) is 0.135. The number of fused-ring (bicyclic) bond motifs is 4. The molecule has 246 valence electrons. The van der Waals surface area contributed by atoms with Crippen molar-refractivity contribution < 1.29 is 0 Å². The Labute approximate surface area is 305 Å². The molecular weight excluding hydrogens is 645 g/mol. The Balaban J connectivity index is 1.22. The Morgan fingerprint density at radius 2 is 0.792 bits per heavy atom. The summed E-state index contributed by atoms with van der Waals surface area (Å²) in [5.41, 5.74) is 8.57. The molecule has 0 aliphatic rings. The molecule has 11 rings (SSSR count). The Kier molecular flexibility index (Phi) is 6.52. The van der Waals surface area contributed by atoms with Crippen LogP contribution in [-0.2, 0) is 0 Å². The monoisotopic (exact) mass is 674 g/mol. The van der Waals surface area contributed by atoms with E-state index in [0.29, 0.717) is 17.5 Å². The Hall–Kier alpha value is -7.17. The van der Waals surface area contributed by atoms with E-state index < -0.39 is 0 Å². The highest BCUT2D eigenvalue weighted by atomic mass is 15.0. The van der Waals surface area contributed by atoms with Gasteiger partial charge >= 0.3 is 0 Å². The van der Waals surface area contributed by atoms with E-state index in [-0.39, 0.29) is 0 Å². The van der Waals surface area contributed by atoms with Crippen LogP contribution in [0.3, 0.4) is 0 Å². The average molecular weight is 675 g/mol. The largest absolute Gasteiger partial charge is 0.309 e. The van der Waals surface area contributed by atoms with Crippen LogP contribution < -0.4 is 0 Å². The lowest BCUT2D eigenvalue weighted by atomic mass is 9.91. The van der Waals surface area contributed by atoms with Crippen molar-refractivity contribution in [1.82, 2.24) is 19.5 Å². The van der Waals surface area contributed by atoms with E-state index in [1.54, 1.807) is 0 Å². The molecular formula is C49H30N4. The first-order valence-corrected chi connectivity index (χ1v) is 17.9. The van der Waals surface area contributed by atoms with Crippen molar-refractivity contribution in [2.24, 2.45) is 0 Å². The fourth-order valence-electron chi connectivity index (χ4n) is 8.08. The van der Waals surface area contributed by atoms with Gasteiger partial charge in [-0.3, -0.25) is 0 Å². The maximum atomic E-state index is 5.23. The van der Waals surface area contributed by atoms with Crippen LogP contribution in [-0.4, -0.2) is 19.5 Å². The van der Waals surface area contributed by atoms with Crippen molar-refractivity contribution in [3.63, 3.8) is 0 Å². The van der Waals surface area contributed by atoms with Crippen molar-refractivity contribution in [2.45, 2.75) is 0 Å². The summed E-state index contributed by atoms with van der Waals surface area (Å²) in [4.78, 5) is 15.5. The zero-order valence-electron chi connectivity index (χ0n) is 28.6. The van der Waals surface area contributed by atoms with Crippen LogP contribution in [0.1, 0.15) is 0 Å². The summed E-state index contributed by atoms with van der Waals surface area (Å²) in [5.74, 6) is 1.92. The number of para-hydroxylation sites is 1. The molecule has 0 N–H and O–H groups in total. The summed E-state index contributed by atoms with van der Waals surface area (Å²) < 4.78 is 2.40. The second-order valence-electron chi connectivity index (χ2n) is 13.6. The van der Waals surface area contributed by atoms with Gasteiger partial charge in [0, 0.05) is 33.2 Å². The minimum absolute atomic E-state index is 0.636. The van der Waals surface area contributed by atoms with Gasteiger partial charge in [0.15, 0.2) is 17.5 Å². The van der Waals surface area contributed by atoms with Crippen LogP contribution in [0.15, 0.2) is 182 Å². The van der Waals surface area contributed by atoms with Crippen LogP contribution >= 0.6 is 0 Å². The number of benzene rings is 9. The van der Waals surface area contributed by atoms with Gasteiger partial charge in [0.25, 0.3) is 0 Å². The van der Waals surface area contributed by atoms with Crippen LogP contribution in [0, 0.1) is 0 Å². The van der Waals surface area contributed by atoms with Crippen molar-refractivity contribution in [1.29, 1.82) is 0 Å². The van der Waals surface area contributed by atoms with Gasteiger partial charge in [0.05, 0.1) is 11.0 Å². The molecule has 0 saturated carbocycles. The zero-order chi connectivity index (χ0) is 34.9.